The van der Waals surface area contributed by atoms with Gasteiger partial charge in [0, 0.05) is 12.4 Å². The summed E-state index contributed by atoms with van der Waals surface area (Å²) < 4.78 is 27.3. The average molecular weight is 311 g/mol. The molecule has 4 nitrogen and oxygen atoms in total. The highest BCUT2D eigenvalue weighted by molar-refractivity contribution is 7.92. The fourth-order valence-electron chi connectivity index (χ4n) is 1.87. The lowest BCUT2D eigenvalue weighted by Gasteiger charge is -2.12. The van der Waals surface area contributed by atoms with E-state index in [2.05, 4.69) is 9.71 Å². The molecule has 20 heavy (non-hydrogen) atoms. The molecular formula is C14H15ClN2O2S. The van der Waals surface area contributed by atoms with Crippen LogP contribution < -0.4 is 4.72 Å². The van der Waals surface area contributed by atoms with Crippen LogP contribution in [0, 0.1) is 0 Å². The second-order valence-corrected chi connectivity index (χ2v) is 6.38. The molecule has 0 atom stereocenters. The van der Waals surface area contributed by atoms with Crippen LogP contribution in [0.4, 0.5) is 5.69 Å². The van der Waals surface area contributed by atoms with E-state index in [0.717, 1.165) is 18.4 Å². The maximum atomic E-state index is 12.3. The quantitative estimate of drug-likeness (QED) is 0.919. The molecule has 0 saturated heterocycles. The largest absolute Gasteiger partial charge is 0.279 e. The average Bonchev–Trinajstić information content (AvgIpc) is 2.41. The molecule has 0 saturated carbocycles. The molecule has 0 spiro atoms. The predicted octanol–water partition coefficient (Wildman–Crippen LogP) is 3.49. The molecule has 0 aliphatic rings. The minimum Gasteiger partial charge on any atom is -0.279 e. The fraction of sp³-hybridized carbons (Fsp3) is 0.214. The van der Waals surface area contributed by atoms with Gasteiger partial charge in [-0.25, -0.2) is 8.42 Å². The van der Waals surface area contributed by atoms with E-state index < -0.39 is 10.0 Å². The number of hydrogen-bond donors (Lipinski definition) is 1. The van der Waals surface area contributed by atoms with Gasteiger partial charge in [0.05, 0.1) is 10.7 Å². The van der Waals surface area contributed by atoms with Crippen LogP contribution >= 0.6 is 11.6 Å². The molecule has 0 unspecified atom stereocenters. The number of halogens is 1. The van der Waals surface area contributed by atoms with E-state index in [-0.39, 0.29) is 9.92 Å². The van der Waals surface area contributed by atoms with Crippen molar-refractivity contribution in [1.29, 1.82) is 0 Å². The minimum atomic E-state index is -3.73. The number of aryl methyl sites for hydroxylation is 1. The van der Waals surface area contributed by atoms with E-state index in [1.807, 2.05) is 19.1 Å². The molecule has 0 fully saturated rings. The van der Waals surface area contributed by atoms with Crippen LogP contribution in [0.5, 0.6) is 0 Å². The molecule has 0 bridgehead atoms. The number of rotatable bonds is 5. The van der Waals surface area contributed by atoms with Crippen LogP contribution in [0.2, 0.25) is 5.02 Å². The lowest BCUT2D eigenvalue weighted by atomic mass is 10.1. The lowest BCUT2D eigenvalue weighted by Crippen LogP contribution is -2.15. The van der Waals surface area contributed by atoms with Crippen LogP contribution in [0.15, 0.2) is 47.6 Å². The summed E-state index contributed by atoms with van der Waals surface area (Å²) in [5.41, 5.74) is 1.54. The molecule has 1 aromatic carbocycles. The highest BCUT2D eigenvalue weighted by Gasteiger charge is 2.19. The number of sulfonamides is 1. The number of hydrogen-bond acceptors (Lipinski definition) is 3. The first-order valence-electron chi connectivity index (χ1n) is 6.25. The maximum absolute atomic E-state index is 12.3. The van der Waals surface area contributed by atoms with E-state index in [1.54, 1.807) is 12.1 Å². The molecule has 0 amide bonds. The van der Waals surface area contributed by atoms with E-state index in [0.29, 0.717) is 5.69 Å². The van der Waals surface area contributed by atoms with Crippen molar-refractivity contribution in [3.05, 3.63) is 53.3 Å². The topological polar surface area (TPSA) is 59.1 Å². The number of anilines is 1. The molecule has 1 N–H and O–H groups in total. The first-order valence-corrected chi connectivity index (χ1v) is 8.11. The zero-order valence-electron chi connectivity index (χ0n) is 11.0. The molecule has 6 heteroatoms. The Morgan fingerprint density at radius 2 is 2.00 bits per heavy atom. The zero-order valence-corrected chi connectivity index (χ0v) is 12.6. The highest BCUT2D eigenvalue weighted by Crippen LogP contribution is 2.24. The second-order valence-electron chi connectivity index (χ2n) is 4.32. The van der Waals surface area contributed by atoms with Crippen LogP contribution in [0.25, 0.3) is 0 Å². The summed E-state index contributed by atoms with van der Waals surface area (Å²) in [5.74, 6) is 0. The van der Waals surface area contributed by atoms with Crippen LogP contribution in [0.3, 0.4) is 0 Å². The van der Waals surface area contributed by atoms with Gasteiger partial charge in [-0.1, -0.05) is 43.1 Å². The smallest absolute Gasteiger partial charge is 0.264 e. The van der Waals surface area contributed by atoms with Crippen LogP contribution in [-0.2, 0) is 16.4 Å². The summed E-state index contributed by atoms with van der Waals surface area (Å²) >= 11 is 5.92. The van der Waals surface area contributed by atoms with Crippen molar-refractivity contribution in [2.24, 2.45) is 0 Å². The van der Waals surface area contributed by atoms with Crippen molar-refractivity contribution in [3.8, 4) is 0 Å². The zero-order chi connectivity index (χ0) is 14.6. The SMILES string of the molecule is CCCc1ccccc1NS(=O)(=O)c1cnccc1Cl. The molecule has 0 aliphatic carbocycles. The summed E-state index contributed by atoms with van der Waals surface area (Å²) in [4.78, 5) is 3.79. The monoisotopic (exact) mass is 310 g/mol. The molecular weight excluding hydrogens is 296 g/mol. The minimum absolute atomic E-state index is 0.0204. The highest BCUT2D eigenvalue weighted by atomic mass is 35.5. The third-order valence-electron chi connectivity index (χ3n) is 2.80. The molecule has 106 valence electrons. The van der Waals surface area contributed by atoms with Crippen molar-refractivity contribution in [3.63, 3.8) is 0 Å². The van der Waals surface area contributed by atoms with Gasteiger partial charge in [-0.3, -0.25) is 9.71 Å². The van der Waals surface area contributed by atoms with E-state index in [1.165, 1.54) is 18.5 Å². The van der Waals surface area contributed by atoms with Gasteiger partial charge in [0.1, 0.15) is 4.90 Å². The molecule has 1 aromatic heterocycles. The van der Waals surface area contributed by atoms with Crippen molar-refractivity contribution >= 4 is 27.3 Å². The van der Waals surface area contributed by atoms with Crippen molar-refractivity contribution in [2.75, 3.05) is 4.72 Å². The van der Waals surface area contributed by atoms with Crippen molar-refractivity contribution < 1.29 is 8.42 Å². The first kappa shape index (κ1) is 14.8. The molecule has 0 aliphatic heterocycles. The normalized spacial score (nSPS) is 11.3. The number of nitrogens with one attached hydrogen (secondary N) is 1. The van der Waals surface area contributed by atoms with Gasteiger partial charge in [0.25, 0.3) is 10.0 Å². The second kappa shape index (κ2) is 6.24. The van der Waals surface area contributed by atoms with Gasteiger partial charge < -0.3 is 0 Å². The lowest BCUT2D eigenvalue weighted by molar-refractivity contribution is 0.601. The van der Waals surface area contributed by atoms with Crippen molar-refractivity contribution in [2.45, 2.75) is 24.7 Å². The molecule has 2 rings (SSSR count). The van der Waals surface area contributed by atoms with Gasteiger partial charge >= 0.3 is 0 Å². The van der Waals surface area contributed by atoms with Crippen LogP contribution in [-0.4, -0.2) is 13.4 Å². The van der Waals surface area contributed by atoms with E-state index >= 15 is 0 Å². The van der Waals surface area contributed by atoms with Gasteiger partial charge in [0.2, 0.25) is 0 Å². The Labute approximate surface area is 123 Å². The number of para-hydroxylation sites is 1. The molecule has 2 aromatic rings. The van der Waals surface area contributed by atoms with Crippen molar-refractivity contribution in [1.82, 2.24) is 4.98 Å². The number of pyridine rings is 1. The molecule has 1 heterocycles. The molecule has 0 radical (unpaired) electrons. The van der Waals surface area contributed by atoms with Gasteiger partial charge in [-0.05, 0) is 24.1 Å². The Bertz CT molecular complexity index is 702. The Hall–Kier alpha value is -1.59. The predicted molar refractivity (Wildman–Crippen MR) is 80.5 cm³/mol. The van der Waals surface area contributed by atoms with E-state index in [9.17, 15) is 8.42 Å². The fourth-order valence-corrected chi connectivity index (χ4v) is 3.40. The van der Waals surface area contributed by atoms with Gasteiger partial charge in [-0.15, -0.1) is 0 Å². The Morgan fingerprint density at radius 1 is 1.25 bits per heavy atom. The maximum Gasteiger partial charge on any atom is 0.264 e. The summed E-state index contributed by atoms with van der Waals surface area (Å²) in [5, 5.41) is 0.153. The number of benzene rings is 1. The number of aromatic nitrogens is 1. The number of nitrogens with zero attached hydrogens (tertiary/aromatic N) is 1. The standard InChI is InChI=1S/C14H15ClN2O2S/c1-2-5-11-6-3-4-7-13(11)17-20(18,19)14-10-16-9-8-12(14)15/h3-4,6-10,17H,2,5H2,1H3. The Kier molecular flexibility index (Phi) is 4.62. The summed E-state index contributed by atoms with van der Waals surface area (Å²) in [6, 6.07) is 8.79. The summed E-state index contributed by atoms with van der Waals surface area (Å²) in [6.45, 7) is 2.04. The third kappa shape index (κ3) is 3.29. The third-order valence-corrected chi connectivity index (χ3v) is 4.64. The van der Waals surface area contributed by atoms with Gasteiger partial charge in [-0.2, -0.15) is 0 Å². The van der Waals surface area contributed by atoms with Gasteiger partial charge in [0.15, 0.2) is 0 Å². The van der Waals surface area contributed by atoms with E-state index in [4.69, 9.17) is 11.6 Å². The Morgan fingerprint density at radius 3 is 2.70 bits per heavy atom. The summed E-state index contributed by atoms with van der Waals surface area (Å²) in [6.07, 6.45) is 4.44. The summed E-state index contributed by atoms with van der Waals surface area (Å²) in [7, 11) is -3.73. The first-order chi connectivity index (χ1) is 9.54. The Balaban J connectivity index is 2.37. The van der Waals surface area contributed by atoms with Crippen LogP contribution in [0.1, 0.15) is 18.9 Å².